The number of aromatic nitrogens is 4. The van der Waals surface area contributed by atoms with Gasteiger partial charge >= 0.3 is 12.2 Å². The molecule has 10 atom stereocenters. The van der Waals surface area contributed by atoms with Gasteiger partial charge in [0.15, 0.2) is 11.6 Å². The normalized spacial score (nSPS) is 28.1. The number of carbonyl (C=O) groups excluding carboxylic acids is 2. The highest BCUT2D eigenvalue weighted by molar-refractivity contribution is 5.88. The van der Waals surface area contributed by atoms with Gasteiger partial charge in [0.25, 0.3) is 0 Å². The molecular weight excluding hydrogens is 1020 g/mol. The Morgan fingerprint density at radius 2 is 0.962 bits per heavy atom. The van der Waals surface area contributed by atoms with E-state index in [-0.39, 0.29) is 82.9 Å². The second-order valence-electron chi connectivity index (χ2n) is 24.3. The fraction of sp³-hybridized carbons (Fsp3) is 0.593. The van der Waals surface area contributed by atoms with E-state index in [0.29, 0.717) is 59.6 Å². The Labute approximate surface area is 455 Å². The van der Waals surface area contributed by atoms with E-state index in [1.54, 1.807) is 21.9 Å². The van der Waals surface area contributed by atoms with Crippen LogP contribution in [0.5, 0.6) is 0 Å². The summed E-state index contributed by atoms with van der Waals surface area (Å²) in [5, 5.41) is 24.9. The van der Waals surface area contributed by atoms with Crippen LogP contribution in [0, 0.1) is 46.9 Å². The molecule has 16 nitrogen and oxygen atoms in total. The first-order valence-electron chi connectivity index (χ1n) is 29.3. The van der Waals surface area contributed by atoms with Crippen LogP contribution in [-0.2, 0) is 9.59 Å². The van der Waals surface area contributed by atoms with Crippen LogP contribution >= 0.6 is 0 Å². The maximum atomic E-state index is 17.1. The monoisotopic (exact) mass is 1090 g/mol. The van der Waals surface area contributed by atoms with Crippen LogP contribution in [0.15, 0.2) is 36.4 Å². The van der Waals surface area contributed by atoms with Gasteiger partial charge in [-0.05, 0) is 156 Å². The number of piperidine rings is 1. The lowest BCUT2D eigenvalue weighted by Gasteiger charge is -2.35. The van der Waals surface area contributed by atoms with E-state index in [1.165, 1.54) is 24.3 Å². The molecule has 3 aromatic carbocycles. The largest absolute Gasteiger partial charge is 0.465 e. The number of aromatic amines is 2. The average molecular weight is 1090 g/mol. The number of hydrogen-bond acceptors (Lipinski definition) is 8. The SMILES string of the molecule is O=C(O)N[C@H](C(=O)N1[C@H](c2nc3cc([C@H]4CC[C@H](c5cc6nc([C@@H]7C[C@@H]8CCC[C@@H]8N7C(=O)[C@@H](NC(=O)O)C7CCCC7)[nH]c6cc5F)N4c4cc(F)c(N5CCCCC5)c(F)c4)c(F)cc3[nH]2)C[C@@H]2CCC[C@@H]21)C1CCCC1. The molecule has 8 aliphatic rings. The molecule has 4 aliphatic carbocycles. The Bertz CT molecular complexity index is 2990. The summed E-state index contributed by atoms with van der Waals surface area (Å²) in [5.41, 5.74) is 2.01. The number of anilines is 2. The molecule has 79 heavy (non-hydrogen) atoms. The first kappa shape index (κ1) is 51.8. The third-order valence-electron chi connectivity index (χ3n) is 20.0. The number of benzene rings is 3. The lowest BCUT2D eigenvalue weighted by atomic mass is 9.96. The van der Waals surface area contributed by atoms with Gasteiger partial charge in [0.2, 0.25) is 11.8 Å². The summed E-state index contributed by atoms with van der Waals surface area (Å²) in [5.74, 6) is -2.15. The predicted molar refractivity (Wildman–Crippen MR) is 286 cm³/mol. The zero-order valence-electron chi connectivity index (χ0n) is 44.4. The fourth-order valence-corrected chi connectivity index (χ4v) is 16.5. The number of nitrogens with one attached hydrogen (secondary N) is 4. The van der Waals surface area contributed by atoms with E-state index < -0.39 is 71.7 Å². The highest BCUT2D eigenvalue weighted by Gasteiger charge is 2.52. The molecule has 8 fully saturated rings. The molecule has 4 amide bonds. The smallest absolute Gasteiger partial charge is 0.405 e. The van der Waals surface area contributed by atoms with Gasteiger partial charge < -0.3 is 50.4 Å². The molecule has 13 rings (SSSR count). The summed E-state index contributed by atoms with van der Waals surface area (Å²) in [7, 11) is 0. The molecule has 4 saturated carbocycles. The summed E-state index contributed by atoms with van der Waals surface area (Å²) in [6.07, 6.45) is 13.9. The maximum Gasteiger partial charge on any atom is 0.405 e. The molecule has 4 aliphatic heterocycles. The number of carboxylic acid groups (broad SMARTS) is 2. The molecule has 420 valence electrons. The standard InChI is InChI=1S/C59H70F4N10O6/c60-37-28-43-41(64-54(66-43)49-22-32-14-8-16-45(32)72(49)56(74)51(68-58(76)77)30-10-2-3-11-30)26-35(37)47-18-19-48(71(47)34-24-39(62)53(40(63)25-34)70-20-6-1-7-21-70)36-27-42-44(29-38(36)61)67-55(65-42)50-23-33-15-9-17-46(33)73(50)57(75)52(69-59(78)79)31-12-4-5-13-31/h24-33,45-52,68-69H,1-23H2,(H,64,66)(H,65,67)(H,76,77)(H,78,79)/t32-,33-,45-,46-,47+,48+,49-,50-,51-,52-/m0/s1. The van der Waals surface area contributed by atoms with Crippen LogP contribution in [0.3, 0.4) is 0 Å². The third-order valence-corrected chi connectivity index (χ3v) is 20.0. The van der Waals surface area contributed by atoms with E-state index in [0.717, 1.165) is 109 Å². The number of halogens is 4. The van der Waals surface area contributed by atoms with Crippen molar-refractivity contribution in [2.45, 2.75) is 183 Å². The van der Waals surface area contributed by atoms with E-state index in [2.05, 4.69) is 20.6 Å². The van der Waals surface area contributed by atoms with Gasteiger partial charge in [-0.3, -0.25) is 9.59 Å². The molecule has 2 aromatic heterocycles. The van der Waals surface area contributed by atoms with Gasteiger partial charge in [0.05, 0.1) is 46.2 Å². The van der Waals surface area contributed by atoms with Crippen molar-refractivity contribution in [3.8, 4) is 0 Å². The Kier molecular flexibility index (Phi) is 13.6. The molecule has 4 saturated heterocycles. The highest BCUT2D eigenvalue weighted by atomic mass is 19.1. The second kappa shape index (κ2) is 20.8. The van der Waals surface area contributed by atoms with Crippen molar-refractivity contribution < 1.29 is 47.0 Å². The number of carbonyl (C=O) groups is 4. The summed E-state index contributed by atoms with van der Waals surface area (Å²) in [6.45, 7) is 0.997. The molecule has 6 heterocycles. The molecule has 0 radical (unpaired) electrons. The number of nitrogens with zero attached hydrogens (tertiary/aromatic N) is 6. The van der Waals surface area contributed by atoms with E-state index in [1.807, 2.05) is 9.80 Å². The van der Waals surface area contributed by atoms with Crippen molar-refractivity contribution in [3.63, 3.8) is 0 Å². The minimum absolute atomic E-state index is 0.0837. The number of H-pyrrole nitrogens is 2. The van der Waals surface area contributed by atoms with Crippen LogP contribution < -0.4 is 20.4 Å². The third kappa shape index (κ3) is 9.29. The molecular formula is C59H70F4N10O6. The number of fused-ring (bicyclic) bond motifs is 4. The number of imidazole rings is 2. The van der Waals surface area contributed by atoms with Crippen molar-refractivity contribution >= 4 is 57.4 Å². The summed E-state index contributed by atoms with van der Waals surface area (Å²) >= 11 is 0. The van der Waals surface area contributed by atoms with Gasteiger partial charge in [-0.2, -0.15) is 0 Å². The lowest BCUT2D eigenvalue weighted by Crippen LogP contribution is -2.53. The summed E-state index contributed by atoms with van der Waals surface area (Å²) < 4.78 is 67.5. The Morgan fingerprint density at radius 1 is 0.519 bits per heavy atom. The quantitative estimate of drug-likeness (QED) is 0.0653. The fourth-order valence-electron chi connectivity index (χ4n) is 16.5. The van der Waals surface area contributed by atoms with E-state index >= 15 is 17.6 Å². The van der Waals surface area contributed by atoms with Gasteiger partial charge in [-0.15, -0.1) is 0 Å². The number of amides is 4. The molecule has 6 N–H and O–H groups in total. The van der Waals surface area contributed by atoms with E-state index in [9.17, 15) is 29.4 Å². The molecule has 0 unspecified atom stereocenters. The minimum Gasteiger partial charge on any atom is -0.465 e. The van der Waals surface area contributed by atoms with Crippen molar-refractivity contribution in [1.29, 1.82) is 0 Å². The molecule has 0 spiro atoms. The predicted octanol–water partition coefficient (Wildman–Crippen LogP) is 11.6. The lowest BCUT2D eigenvalue weighted by molar-refractivity contribution is -0.138. The van der Waals surface area contributed by atoms with Crippen LogP contribution in [0.2, 0.25) is 0 Å². The van der Waals surface area contributed by atoms with Crippen LogP contribution in [0.4, 0.5) is 38.5 Å². The van der Waals surface area contributed by atoms with Gasteiger partial charge in [-0.25, -0.2) is 37.1 Å². The average Bonchev–Trinajstić information content (AvgIpc) is 4.46. The van der Waals surface area contributed by atoms with Crippen molar-refractivity contribution in [3.05, 3.63) is 82.4 Å². The first-order valence-corrected chi connectivity index (χ1v) is 29.3. The van der Waals surface area contributed by atoms with Crippen molar-refractivity contribution in [2.75, 3.05) is 22.9 Å². The minimum atomic E-state index is -1.25. The van der Waals surface area contributed by atoms with Crippen LogP contribution in [0.25, 0.3) is 22.1 Å². The van der Waals surface area contributed by atoms with Crippen molar-refractivity contribution in [1.82, 2.24) is 40.4 Å². The zero-order chi connectivity index (χ0) is 54.4. The molecule has 5 aromatic rings. The molecule has 20 heteroatoms. The summed E-state index contributed by atoms with van der Waals surface area (Å²) in [4.78, 5) is 77.4. The highest BCUT2D eigenvalue weighted by Crippen LogP contribution is 2.53. The van der Waals surface area contributed by atoms with Gasteiger partial charge in [-0.1, -0.05) is 38.5 Å². The van der Waals surface area contributed by atoms with Crippen LogP contribution in [-0.4, -0.2) is 101 Å². The Balaban J connectivity index is 0.854. The number of hydrogen-bond donors (Lipinski definition) is 6. The van der Waals surface area contributed by atoms with Crippen molar-refractivity contribution in [2.24, 2.45) is 23.7 Å². The van der Waals surface area contributed by atoms with E-state index in [4.69, 9.17) is 9.97 Å². The maximum absolute atomic E-state index is 17.1. The summed E-state index contributed by atoms with van der Waals surface area (Å²) in [6, 6.07) is 3.90. The zero-order valence-corrected chi connectivity index (χ0v) is 44.4. The first-order chi connectivity index (χ1) is 38.3. The van der Waals surface area contributed by atoms with Gasteiger partial charge in [0.1, 0.15) is 41.1 Å². The molecule has 0 bridgehead atoms. The number of likely N-dealkylation sites (tertiary alicyclic amines) is 2. The Hall–Kier alpha value is -6.60. The topological polar surface area (TPSA) is 203 Å². The van der Waals surface area contributed by atoms with Gasteiger partial charge in [0, 0.05) is 42.0 Å². The number of rotatable bonds is 12. The second-order valence-corrected chi connectivity index (χ2v) is 24.3. The van der Waals surface area contributed by atoms with Crippen LogP contribution in [0.1, 0.15) is 182 Å². The Morgan fingerprint density at radius 3 is 1.39 bits per heavy atom.